The molecular formula is C28H26FN3O5. The first kappa shape index (κ1) is 25.4. The van der Waals surface area contributed by atoms with Crippen LogP contribution in [-0.4, -0.2) is 29.0 Å². The third kappa shape index (κ3) is 6.94. The lowest BCUT2D eigenvalue weighted by Crippen LogP contribution is -2.13. The van der Waals surface area contributed by atoms with Gasteiger partial charge in [0.1, 0.15) is 17.3 Å². The van der Waals surface area contributed by atoms with E-state index in [2.05, 4.69) is 15.6 Å². The van der Waals surface area contributed by atoms with Gasteiger partial charge in [-0.05, 0) is 73.5 Å². The van der Waals surface area contributed by atoms with E-state index in [0.717, 1.165) is 0 Å². The molecular weight excluding hydrogens is 477 g/mol. The number of nitrogens with one attached hydrogen (secondary N) is 2. The summed E-state index contributed by atoms with van der Waals surface area (Å²) >= 11 is 0. The Morgan fingerprint density at radius 3 is 2.05 bits per heavy atom. The van der Waals surface area contributed by atoms with Crippen LogP contribution in [0.4, 0.5) is 15.8 Å². The fraction of sp³-hybridized carbons (Fsp3) is 0.179. The average molecular weight is 504 g/mol. The van der Waals surface area contributed by atoms with E-state index in [1.807, 2.05) is 0 Å². The molecule has 1 aromatic heterocycles. The molecule has 190 valence electrons. The number of hydrogen-bond acceptors (Lipinski definition) is 6. The number of pyridine rings is 1. The lowest BCUT2D eigenvalue weighted by atomic mass is 10.1. The maximum absolute atomic E-state index is 12.9. The van der Waals surface area contributed by atoms with Crippen molar-refractivity contribution in [2.24, 2.45) is 0 Å². The molecule has 0 aliphatic carbocycles. The predicted octanol–water partition coefficient (Wildman–Crippen LogP) is 6.02. The SMILES string of the molecule is COc1cc2c(Oc3ccc(NC(=O)CCCCC(=O)Nc4ccc(F)cc4)cc3)ccnc2cc1O. The summed E-state index contributed by atoms with van der Waals surface area (Å²) in [6.45, 7) is 0. The quantitative estimate of drug-likeness (QED) is 0.228. The number of anilines is 2. The molecule has 0 radical (unpaired) electrons. The average Bonchev–Trinajstić information content (AvgIpc) is 2.89. The molecule has 0 bridgehead atoms. The van der Waals surface area contributed by atoms with Gasteiger partial charge in [-0.1, -0.05) is 0 Å². The Morgan fingerprint density at radius 1 is 0.865 bits per heavy atom. The van der Waals surface area contributed by atoms with Crippen LogP contribution in [0.25, 0.3) is 10.9 Å². The van der Waals surface area contributed by atoms with Crippen LogP contribution in [0.5, 0.6) is 23.0 Å². The van der Waals surface area contributed by atoms with Crippen molar-refractivity contribution in [2.45, 2.75) is 25.7 Å². The zero-order chi connectivity index (χ0) is 26.2. The lowest BCUT2D eigenvalue weighted by molar-refractivity contribution is -0.118. The number of phenolic OH excluding ortho intramolecular Hbond substituents is 1. The molecule has 0 atom stereocenters. The largest absolute Gasteiger partial charge is 0.504 e. The van der Waals surface area contributed by atoms with Crippen molar-refractivity contribution in [1.29, 1.82) is 0 Å². The van der Waals surface area contributed by atoms with Gasteiger partial charge in [-0.15, -0.1) is 0 Å². The molecule has 0 spiro atoms. The molecule has 4 aromatic rings. The Bertz CT molecular complexity index is 1390. The van der Waals surface area contributed by atoms with Crippen molar-refractivity contribution in [3.05, 3.63) is 78.7 Å². The van der Waals surface area contributed by atoms with Crippen LogP contribution in [0.2, 0.25) is 0 Å². The second-order valence-electron chi connectivity index (χ2n) is 8.29. The number of methoxy groups -OCH3 is 1. The van der Waals surface area contributed by atoms with Gasteiger partial charge in [0.15, 0.2) is 11.5 Å². The van der Waals surface area contributed by atoms with Crippen molar-refractivity contribution in [2.75, 3.05) is 17.7 Å². The number of aromatic nitrogens is 1. The van der Waals surface area contributed by atoms with Gasteiger partial charge in [0.05, 0.1) is 12.6 Å². The van der Waals surface area contributed by atoms with Crippen LogP contribution in [0, 0.1) is 5.82 Å². The van der Waals surface area contributed by atoms with E-state index in [4.69, 9.17) is 9.47 Å². The summed E-state index contributed by atoms with van der Waals surface area (Å²) in [6.07, 6.45) is 3.24. The first-order valence-electron chi connectivity index (χ1n) is 11.7. The highest BCUT2D eigenvalue weighted by atomic mass is 19.1. The third-order valence-corrected chi connectivity index (χ3v) is 5.55. The second-order valence-corrected chi connectivity index (χ2v) is 8.29. The monoisotopic (exact) mass is 503 g/mol. The molecule has 0 saturated heterocycles. The van der Waals surface area contributed by atoms with Gasteiger partial charge in [0, 0.05) is 41.9 Å². The van der Waals surface area contributed by atoms with Crippen LogP contribution in [0.1, 0.15) is 25.7 Å². The first-order chi connectivity index (χ1) is 17.9. The molecule has 0 aliphatic heterocycles. The maximum atomic E-state index is 12.9. The van der Waals surface area contributed by atoms with Crippen LogP contribution < -0.4 is 20.1 Å². The summed E-state index contributed by atoms with van der Waals surface area (Å²) in [4.78, 5) is 28.5. The number of ether oxygens (including phenoxy) is 2. The first-order valence-corrected chi connectivity index (χ1v) is 11.7. The van der Waals surface area contributed by atoms with Crippen molar-refractivity contribution in [3.8, 4) is 23.0 Å². The fourth-order valence-corrected chi connectivity index (χ4v) is 3.67. The third-order valence-electron chi connectivity index (χ3n) is 5.55. The van der Waals surface area contributed by atoms with E-state index in [1.165, 1.54) is 37.4 Å². The minimum Gasteiger partial charge on any atom is -0.504 e. The Kier molecular flexibility index (Phi) is 8.15. The van der Waals surface area contributed by atoms with Crippen molar-refractivity contribution >= 4 is 34.1 Å². The number of carbonyl (C=O) groups excluding carboxylic acids is 2. The molecule has 4 rings (SSSR count). The molecule has 0 saturated carbocycles. The smallest absolute Gasteiger partial charge is 0.224 e. The van der Waals surface area contributed by atoms with E-state index in [0.29, 0.717) is 52.4 Å². The number of nitrogens with zero attached hydrogens (tertiary/aromatic N) is 1. The number of benzene rings is 3. The minimum atomic E-state index is -0.364. The zero-order valence-electron chi connectivity index (χ0n) is 20.2. The molecule has 0 fully saturated rings. The molecule has 3 aromatic carbocycles. The van der Waals surface area contributed by atoms with Gasteiger partial charge in [0.2, 0.25) is 11.8 Å². The Morgan fingerprint density at radius 2 is 1.46 bits per heavy atom. The van der Waals surface area contributed by atoms with Gasteiger partial charge in [-0.25, -0.2) is 4.39 Å². The van der Waals surface area contributed by atoms with E-state index in [-0.39, 0.29) is 36.2 Å². The van der Waals surface area contributed by atoms with Crippen molar-refractivity contribution in [3.63, 3.8) is 0 Å². The highest BCUT2D eigenvalue weighted by Crippen LogP contribution is 2.36. The number of fused-ring (bicyclic) bond motifs is 1. The van der Waals surface area contributed by atoms with Crippen LogP contribution >= 0.6 is 0 Å². The summed E-state index contributed by atoms with van der Waals surface area (Å²) in [7, 11) is 1.47. The molecule has 8 nitrogen and oxygen atoms in total. The second kappa shape index (κ2) is 11.9. The van der Waals surface area contributed by atoms with Crippen LogP contribution in [-0.2, 0) is 9.59 Å². The van der Waals surface area contributed by atoms with Crippen LogP contribution in [0.15, 0.2) is 72.9 Å². The highest BCUT2D eigenvalue weighted by Gasteiger charge is 2.11. The molecule has 9 heteroatoms. The number of amides is 2. The van der Waals surface area contributed by atoms with Crippen molar-refractivity contribution in [1.82, 2.24) is 4.98 Å². The summed E-state index contributed by atoms with van der Waals surface area (Å²) in [5, 5.41) is 16.2. The summed E-state index contributed by atoms with van der Waals surface area (Å²) in [6, 6.07) is 17.4. The standard InChI is InChI=1S/C28H26FN3O5/c1-36-26-16-22-23(17-24(26)33)30-15-14-25(22)37-21-12-10-20(11-13-21)32-28(35)5-3-2-4-27(34)31-19-8-6-18(29)7-9-19/h6-17,33H,2-5H2,1H3,(H,31,34)(H,32,35). The molecule has 0 unspecified atom stereocenters. The molecule has 37 heavy (non-hydrogen) atoms. The zero-order valence-corrected chi connectivity index (χ0v) is 20.2. The van der Waals surface area contributed by atoms with Gasteiger partial charge < -0.3 is 25.2 Å². The Labute approximate surface area is 213 Å². The number of rotatable bonds is 10. The number of halogens is 1. The lowest BCUT2D eigenvalue weighted by Gasteiger charge is -2.11. The normalized spacial score (nSPS) is 10.6. The Hall–Kier alpha value is -4.66. The van der Waals surface area contributed by atoms with E-state index < -0.39 is 0 Å². The Balaban J connectivity index is 1.24. The highest BCUT2D eigenvalue weighted by molar-refractivity contribution is 5.92. The van der Waals surface area contributed by atoms with E-state index in [1.54, 1.807) is 42.6 Å². The molecule has 2 amide bonds. The van der Waals surface area contributed by atoms with Gasteiger partial charge in [0.25, 0.3) is 0 Å². The number of aromatic hydroxyl groups is 1. The van der Waals surface area contributed by atoms with Crippen molar-refractivity contribution < 1.29 is 28.6 Å². The maximum Gasteiger partial charge on any atom is 0.224 e. The topological polar surface area (TPSA) is 110 Å². The van der Waals surface area contributed by atoms with E-state index in [9.17, 15) is 19.1 Å². The number of hydrogen-bond donors (Lipinski definition) is 3. The van der Waals surface area contributed by atoms with E-state index >= 15 is 0 Å². The number of phenols is 1. The fourth-order valence-electron chi connectivity index (χ4n) is 3.67. The molecule has 0 aliphatic rings. The van der Waals surface area contributed by atoms with Gasteiger partial charge >= 0.3 is 0 Å². The number of unbranched alkanes of at least 4 members (excludes halogenated alkanes) is 1. The predicted molar refractivity (Wildman–Crippen MR) is 139 cm³/mol. The molecule has 3 N–H and O–H groups in total. The summed E-state index contributed by atoms with van der Waals surface area (Å²) in [5.41, 5.74) is 1.72. The summed E-state index contributed by atoms with van der Waals surface area (Å²) < 4.78 is 24.1. The number of carbonyl (C=O) groups is 2. The van der Waals surface area contributed by atoms with Gasteiger partial charge in [-0.2, -0.15) is 0 Å². The van der Waals surface area contributed by atoms with Crippen LogP contribution in [0.3, 0.4) is 0 Å². The minimum absolute atomic E-state index is 0.00647. The molecule has 1 heterocycles. The summed E-state index contributed by atoms with van der Waals surface area (Å²) in [5.74, 6) is 0.717. The van der Waals surface area contributed by atoms with Gasteiger partial charge in [-0.3, -0.25) is 14.6 Å².